The molecule has 0 aliphatic carbocycles. The maximum atomic E-state index is 3.52. The predicted molar refractivity (Wildman–Crippen MR) is 55.8 cm³/mol. The summed E-state index contributed by atoms with van der Waals surface area (Å²) in [5, 5.41) is 3.52. The zero-order valence-corrected chi connectivity index (χ0v) is 8.92. The normalized spacial score (nSPS) is 34.4. The van der Waals surface area contributed by atoms with E-state index < -0.39 is 0 Å². The van der Waals surface area contributed by atoms with Gasteiger partial charge in [0.05, 0.1) is 0 Å². The Bertz CT molecular complexity index is 165. The van der Waals surface area contributed by atoms with Gasteiger partial charge in [0.1, 0.15) is 0 Å². The summed E-state index contributed by atoms with van der Waals surface area (Å²) in [5.74, 6) is 0.959. The van der Waals surface area contributed by atoms with Crippen LogP contribution >= 0.6 is 0 Å². The number of likely N-dealkylation sites (tertiary alicyclic amines) is 1. The number of hydrogen-bond acceptors (Lipinski definition) is 2. The number of rotatable bonds is 3. The van der Waals surface area contributed by atoms with Gasteiger partial charge >= 0.3 is 0 Å². The third kappa shape index (κ3) is 1.62. The Labute approximate surface area is 81.7 Å². The third-order valence-corrected chi connectivity index (χ3v) is 3.90. The summed E-state index contributed by atoms with van der Waals surface area (Å²) in [5.41, 5.74) is 0. The first-order valence-electron chi connectivity index (χ1n) is 5.83. The van der Waals surface area contributed by atoms with Gasteiger partial charge in [0.25, 0.3) is 0 Å². The van der Waals surface area contributed by atoms with Crippen molar-refractivity contribution in [3.05, 3.63) is 0 Å². The van der Waals surface area contributed by atoms with Crippen molar-refractivity contribution in [2.75, 3.05) is 19.6 Å². The van der Waals surface area contributed by atoms with Crippen molar-refractivity contribution in [2.24, 2.45) is 5.92 Å². The fourth-order valence-corrected chi connectivity index (χ4v) is 3.09. The SMILES string of the molecule is CCC(CC)N1CCC2CNCC21. The molecule has 2 saturated heterocycles. The van der Waals surface area contributed by atoms with Gasteiger partial charge in [0.15, 0.2) is 0 Å². The second kappa shape index (κ2) is 3.97. The van der Waals surface area contributed by atoms with Crippen molar-refractivity contribution < 1.29 is 0 Å². The van der Waals surface area contributed by atoms with Gasteiger partial charge in [-0.3, -0.25) is 4.90 Å². The molecule has 2 aliphatic rings. The highest BCUT2D eigenvalue weighted by Crippen LogP contribution is 2.30. The van der Waals surface area contributed by atoms with E-state index in [1.54, 1.807) is 0 Å². The van der Waals surface area contributed by atoms with Gasteiger partial charge in [-0.2, -0.15) is 0 Å². The van der Waals surface area contributed by atoms with Crippen LogP contribution in [-0.2, 0) is 0 Å². The molecule has 76 valence electrons. The van der Waals surface area contributed by atoms with Gasteiger partial charge in [-0.15, -0.1) is 0 Å². The summed E-state index contributed by atoms with van der Waals surface area (Å²) in [4.78, 5) is 2.75. The van der Waals surface area contributed by atoms with Crippen LogP contribution in [0.5, 0.6) is 0 Å². The van der Waals surface area contributed by atoms with Gasteiger partial charge < -0.3 is 5.32 Å². The highest BCUT2D eigenvalue weighted by molar-refractivity contribution is 4.96. The minimum atomic E-state index is 0.842. The molecule has 13 heavy (non-hydrogen) atoms. The van der Waals surface area contributed by atoms with E-state index in [0.29, 0.717) is 0 Å². The lowest BCUT2D eigenvalue weighted by molar-refractivity contribution is 0.169. The lowest BCUT2D eigenvalue weighted by Gasteiger charge is -2.31. The highest BCUT2D eigenvalue weighted by Gasteiger charge is 2.39. The van der Waals surface area contributed by atoms with Crippen LogP contribution in [0.1, 0.15) is 33.1 Å². The van der Waals surface area contributed by atoms with Crippen molar-refractivity contribution in [3.63, 3.8) is 0 Å². The summed E-state index contributed by atoms with van der Waals surface area (Å²) in [7, 11) is 0. The number of nitrogens with one attached hydrogen (secondary N) is 1. The van der Waals surface area contributed by atoms with Crippen LogP contribution in [0.15, 0.2) is 0 Å². The molecular weight excluding hydrogens is 160 g/mol. The van der Waals surface area contributed by atoms with Crippen LogP contribution in [0.2, 0.25) is 0 Å². The predicted octanol–water partition coefficient (Wildman–Crippen LogP) is 1.47. The average molecular weight is 182 g/mol. The summed E-state index contributed by atoms with van der Waals surface area (Å²) in [6.45, 7) is 8.50. The number of nitrogens with zero attached hydrogens (tertiary/aromatic N) is 1. The molecule has 2 fully saturated rings. The molecule has 0 radical (unpaired) electrons. The second-order valence-corrected chi connectivity index (χ2v) is 4.48. The van der Waals surface area contributed by atoms with Crippen molar-refractivity contribution in [1.29, 1.82) is 0 Å². The zero-order valence-electron chi connectivity index (χ0n) is 8.92. The molecule has 0 saturated carbocycles. The first-order chi connectivity index (χ1) is 6.36. The molecule has 1 N–H and O–H groups in total. The minimum Gasteiger partial charge on any atom is -0.315 e. The van der Waals surface area contributed by atoms with E-state index in [-0.39, 0.29) is 0 Å². The fourth-order valence-electron chi connectivity index (χ4n) is 3.09. The van der Waals surface area contributed by atoms with E-state index in [9.17, 15) is 0 Å². The van der Waals surface area contributed by atoms with Crippen molar-refractivity contribution in [1.82, 2.24) is 10.2 Å². The third-order valence-electron chi connectivity index (χ3n) is 3.90. The molecule has 0 aromatic carbocycles. The number of hydrogen-bond donors (Lipinski definition) is 1. The standard InChI is InChI=1S/C11H22N2/c1-3-10(4-2)13-6-5-9-7-12-8-11(9)13/h9-12H,3-8H2,1-2H3. The summed E-state index contributed by atoms with van der Waals surface area (Å²) in [6, 6.07) is 1.71. The Morgan fingerprint density at radius 1 is 1.31 bits per heavy atom. The first kappa shape index (κ1) is 9.47. The monoisotopic (exact) mass is 182 g/mol. The largest absolute Gasteiger partial charge is 0.315 e. The molecule has 0 amide bonds. The van der Waals surface area contributed by atoms with E-state index in [1.165, 1.54) is 38.9 Å². The van der Waals surface area contributed by atoms with Gasteiger partial charge in [-0.25, -0.2) is 0 Å². The highest BCUT2D eigenvalue weighted by atomic mass is 15.2. The maximum Gasteiger partial charge on any atom is 0.0264 e. The van der Waals surface area contributed by atoms with Crippen LogP contribution in [0.3, 0.4) is 0 Å². The van der Waals surface area contributed by atoms with Gasteiger partial charge in [0, 0.05) is 18.6 Å². The topological polar surface area (TPSA) is 15.3 Å². The van der Waals surface area contributed by atoms with E-state index in [1.807, 2.05) is 0 Å². The van der Waals surface area contributed by atoms with Crippen LogP contribution in [0.25, 0.3) is 0 Å². The molecule has 2 atom stereocenters. The molecule has 0 spiro atoms. The van der Waals surface area contributed by atoms with E-state index in [0.717, 1.165) is 18.0 Å². The fraction of sp³-hybridized carbons (Fsp3) is 1.00. The Balaban J connectivity index is 1.99. The van der Waals surface area contributed by atoms with Crippen LogP contribution in [-0.4, -0.2) is 36.6 Å². The van der Waals surface area contributed by atoms with E-state index >= 15 is 0 Å². The zero-order chi connectivity index (χ0) is 9.26. The van der Waals surface area contributed by atoms with Crippen LogP contribution in [0.4, 0.5) is 0 Å². The Kier molecular flexibility index (Phi) is 2.89. The molecule has 2 heterocycles. The van der Waals surface area contributed by atoms with Gasteiger partial charge in [-0.05, 0) is 38.3 Å². The molecule has 0 aromatic heterocycles. The Morgan fingerprint density at radius 2 is 2.08 bits per heavy atom. The van der Waals surface area contributed by atoms with Crippen molar-refractivity contribution in [3.8, 4) is 0 Å². The van der Waals surface area contributed by atoms with E-state index in [2.05, 4.69) is 24.1 Å². The molecule has 2 aliphatic heterocycles. The van der Waals surface area contributed by atoms with Crippen molar-refractivity contribution in [2.45, 2.75) is 45.2 Å². The van der Waals surface area contributed by atoms with Gasteiger partial charge in [0.2, 0.25) is 0 Å². The smallest absolute Gasteiger partial charge is 0.0264 e. The average Bonchev–Trinajstić information content (AvgIpc) is 2.70. The van der Waals surface area contributed by atoms with Crippen molar-refractivity contribution >= 4 is 0 Å². The summed E-state index contributed by atoms with van der Waals surface area (Å²) >= 11 is 0. The summed E-state index contributed by atoms with van der Waals surface area (Å²) in [6.07, 6.45) is 4.06. The Hall–Kier alpha value is -0.0800. The molecular formula is C11H22N2. The Morgan fingerprint density at radius 3 is 2.77 bits per heavy atom. The van der Waals surface area contributed by atoms with Crippen LogP contribution in [0, 0.1) is 5.92 Å². The number of fused-ring (bicyclic) bond motifs is 1. The quantitative estimate of drug-likeness (QED) is 0.711. The maximum absolute atomic E-state index is 3.52. The molecule has 2 heteroatoms. The minimum absolute atomic E-state index is 0.842. The molecule has 0 bridgehead atoms. The lowest BCUT2D eigenvalue weighted by Crippen LogP contribution is -2.41. The molecule has 0 aromatic rings. The lowest BCUT2D eigenvalue weighted by atomic mass is 10.0. The van der Waals surface area contributed by atoms with Crippen LogP contribution < -0.4 is 5.32 Å². The van der Waals surface area contributed by atoms with E-state index in [4.69, 9.17) is 0 Å². The summed E-state index contributed by atoms with van der Waals surface area (Å²) < 4.78 is 0. The second-order valence-electron chi connectivity index (χ2n) is 4.48. The van der Waals surface area contributed by atoms with Gasteiger partial charge in [-0.1, -0.05) is 13.8 Å². The molecule has 2 unspecified atom stereocenters. The molecule has 2 nitrogen and oxygen atoms in total. The molecule has 2 rings (SSSR count). The first-order valence-corrected chi connectivity index (χ1v) is 5.83.